The molecule has 1 atom stereocenters. The van der Waals surface area contributed by atoms with Crippen LogP contribution in [0.25, 0.3) is 0 Å². The zero-order chi connectivity index (χ0) is 7.82. The van der Waals surface area contributed by atoms with E-state index in [0.29, 0.717) is 6.42 Å². The molecule has 0 aromatic carbocycles. The molecule has 0 radical (unpaired) electrons. The number of hydrogen-bond acceptors (Lipinski definition) is 2. The normalized spacial score (nSPS) is 13.0. The minimum absolute atomic E-state index is 0.287. The molecule has 2 nitrogen and oxygen atoms in total. The van der Waals surface area contributed by atoms with Crippen molar-refractivity contribution in [1.82, 2.24) is 0 Å². The summed E-state index contributed by atoms with van der Waals surface area (Å²) in [6, 6.07) is 0. The Bertz CT molecular complexity index is 81.3. The van der Waals surface area contributed by atoms with Gasteiger partial charge in [0.05, 0.1) is 6.10 Å². The van der Waals surface area contributed by atoms with Gasteiger partial charge in [0.2, 0.25) is 0 Å². The molecule has 0 rings (SSSR count). The van der Waals surface area contributed by atoms with Crippen LogP contribution in [0.4, 0.5) is 0 Å². The minimum Gasteiger partial charge on any atom is -0.381 e. The van der Waals surface area contributed by atoms with Crippen LogP contribution in [-0.4, -0.2) is 19.5 Å². The standard InChI is InChI=1S/C8H16O2/c1-3-5-8(10-2)6-4-7-9/h7-8H,3-6H2,1-2H3. The lowest BCUT2D eigenvalue weighted by molar-refractivity contribution is -0.108. The quantitative estimate of drug-likeness (QED) is 0.531. The SMILES string of the molecule is CCCC(CCC=O)OC. The Morgan fingerprint density at radius 3 is 2.60 bits per heavy atom. The van der Waals surface area contributed by atoms with Crippen LogP contribution < -0.4 is 0 Å². The van der Waals surface area contributed by atoms with Crippen molar-refractivity contribution >= 4 is 6.29 Å². The first-order valence-electron chi connectivity index (χ1n) is 3.81. The summed E-state index contributed by atoms with van der Waals surface area (Å²) in [7, 11) is 1.70. The number of carbonyl (C=O) groups excluding carboxylic acids is 1. The van der Waals surface area contributed by atoms with Crippen molar-refractivity contribution in [3.05, 3.63) is 0 Å². The van der Waals surface area contributed by atoms with Gasteiger partial charge in [-0.3, -0.25) is 0 Å². The molecule has 1 unspecified atom stereocenters. The molecule has 0 aromatic heterocycles. The summed E-state index contributed by atoms with van der Waals surface area (Å²) in [5.74, 6) is 0. The van der Waals surface area contributed by atoms with E-state index in [2.05, 4.69) is 6.92 Å². The highest BCUT2D eigenvalue weighted by Crippen LogP contribution is 2.06. The van der Waals surface area contributed by atoms with Gasteiger partial charge in [-0.2, -0.15) is 0 Å². The minimum atomic E-state index is 0.287. The van der Waals surface area contributed by atoms with Crippen LogP contribution in [0.5, 0.6) is 0 Å². The third kappa shape index (κ3) is 4.50. The van der Waals surface area contributed by atoms with E-state index in [1.54, 1.807) is 7.11 Å². The van der Waals surface area contributed by atoms with E-state index >= 15 is 0 Å². The van der Waals surface area contributed by atoms with Gasteiger partial charge in [0.15, 0.2) is 0 Å². The van der Waals surface area contributed by atoms with Crippen molar-refractivity contribution in [3.63, 3.8) is 0 Å². The largest absolute Gasteiger partial charge is 0.381 e. The molecule has 0 aliphatic carbocycles. The zero-order valence-electron chi connectivity index (χ0n) is 6.80. The number of rotatable bonds is 6. The van der Waals surface area contributed by atoms with Crippen molar-refractivity contribution in [2.24, 2.45) is 0 Å². The molecule has 0 saturated heterocycles. The monoisotopic (exact) mass is 144 g/mol. The van der Waals surface area contributed by atoms with E-state index < -0.39 is 0 Å². The first kappa shape index (κ1) is 9.63. The molecule has 0 aliphatic rings. The maximum atomic E-state index is 9.97. The summed E-state index contributed by atoms with van der Waals surface area (Å²) in [5.41, 5.74) is 0. The molecule has 10 heavy (non-hydrogen) atoms. The average Bonchev–Trinajstić information content (AvgIpc) is 1.98. The van der Waals surface area contributed by atoms with Crippen LogP contribution in [0.2, 0.25) is 0 Å². The van der Waals surface area contributed by atoms with E-state index in [4.69, 9.17) is 4.74 Å². The van der Waals surface area contributed by atoms with Crippen molar-refractivity contribution in [2.75, 3.05) is 7.11 Å². The fourth-order valence-electron chi connectivity index (χ4n) is 0.956. The van der Waals surface area contributed by atoms with Crippen molar-refractivity contribution in [3.8, 4) is 0 Å². The molecule has 0 bridgehead atoms. The van der Waals surface area contributed by atoms with Gasteiger partial charge in [-0.25, -0.2) is 0 Å². The molecule has 60 valence electrons. The van der Waals surface area contributed by atoms with E-state index in [1.165, 1.54) is 0 Å². The fourth-order valence-corrected chi connectivity index (χ4v) is 0.956. The van der Waals surface area contributed by atoms with E-state index in [-0.39, 0.29) is 6.10 Å². The molecule has 0 heterocycles. The third-order valence-corrected chi connectivity index (χ3v) is 1.55. The number of hydrogen-bond donors (Lipinski definition) is 0. The molecule has 0 saturated carbocycles. The zero-order valence-corrected chi connectivity index (χ0v) is 6.80. The van der Waals surface area contributed by atoms with Crippen LogP contribution >= 0.6 is 0 Å². The van der Waals surface area contributed by atoms with Gasteiger partial charge in [0, 0.05) is 13.5 Å². The summed E-state index contributed by atoms with van der Waals surface area (Å²) in [6.45, 7) is 2.12. The molecule has 0 amide bonds. The van der Waals surface area contributed by atoms with Crippen LogP contribution in [0.1, 0.15) is 32.6 Å². The molecule has 0 N–H and O–H groups in total. The van der Waals surface area contributed by atoms with Gasteiger partial charge >= 0.3 is 0 Å². The lowest BCUT2D eigenvalue weighted by Crippen LogP contribution is -2.09. The Morgan fingerprint density at radius 1 is 1.50 bits per heavy atom. The number of carbonyl (C=O) groups is 1. The van der Waals surface area contributed by atoms with E-state index in [0.717, 1.165) is 25.5 Å². The Balaban J connectivity index is 3.29. The summed E-state index contributed by atoms with van der Waals surface area (Å²) >= 11 is 0. The summed E-state index contributed by atoms with van der Waals surface area (Å²) in [5, 5.41) is 0. The second-order valence-corrected chi connectivity index (χ2v) is 2.39. The summed E-state index contributed by atoms with van der Waals surface area (Å²) < 4.78 is 5.13. The third-order valence-electron chi connectivity index (χ3n) is 1.55. The molecule has 0 aromatic rings. The van der Waals surface area contributed by atoms with Gasteiger partial charge in [0.25, 0.3) is 0 Å². The molecular weight excluding hydrogens is 128 g/mol. The Kier molecular flexibility index (Phi) is 6.50. The van der Waals surface area contributed by atoms with Gasteiger partial charge in [-0.1, -0.05) is 13.3 Å². The van der Waals surface area contributed by atoms with Crippen LogP contribution in [0, 0.1) is 0 Å². The maximum absolute atomic E-state index is 9.97. The Hall–Kier alpha value is -0.370. The van der Waals surface area contributed by atoms with E-state index in [9.17, 15) is 4.79 Å². The number of aldehydes is 1. The van der Waals surface area contributed by atoms with Gasteiger partial charge in [-0.15, -0.1) is 0 Å². The van der Waals surface area contributed by atoms with E-state index in [1.807, 2.05) is 0 Å². The predicted molar refractivity (Wildman–Crippen MR) is 41.0 cm³/mol. The number of ether oxygens (including phenoxy) is 1. The first-order valence-corrected chi connectivity index (χ1v) is 3.81. The molecule has 0 fully saturated rings. The average molecular weight is 144 g/mol. The molecule has 0 aliphatic heterocycles. The lowest BCUT2D eigenvalue weighted by atomic mass is 10.1. The van der Waals surface area contributed by atoms with Crippen molar-refractivity contribution < 1.29 is 9.53 Å². The highest BCUT2D eigenvalue weighted by atomic mass is 16.5. The molecule has 0 spiro atoms. The maximum Gasteiger partial charge on any atom is 0.120 e. The Labute approximate surface area is 62.6 Å². The predicted octanol–water partition coefficient (Wildman–Crippen LogP) is 1.78. The molecular formula is C8H16O2. The second kappa shape index (κ2) is 6.75. The van der Waals surface area contributed by atoms with Crippen LogP contribution in [0.15, 0.2) is 0 Å². The highest BCUT2D eigenvalue weighted by molar-refractivity contribution is 5.49. The lowest BCUT2D eigenvalue weighted by Gasteiger charge is -2.11. The van der Waals surface area contributed by atoms with Crippen molar-refractivity contribution in [2.45, 2.75) is 38.7 Å². The highest BCUT2D eigenvalue weighted by Gasteiger charge is 2.03. The van der Waals surface area contributed by atoms with Gasteiger partial charge < -0.3 is 9.53 Å². The fraction of sp³-hybridized carbons (Fsp3) is 0.875. The first-order chi connectivity index (χ1) is 4.85. The van der Waals surface area contributed by atoms with Gasteiger partial charge in [0.1, 0.15) is 6.29 Å². The second-order valence-electron chi connectivity index (χ2n) is 2.39. The van der Waals surface area contributed by atoms with Crippen LogP contribution in [-0.2, 0) is 9.53 Å². The molecule has 2 heteroatoms. The van der Waals surface area contributed by atoms with Crippen molar-refractivity contribution in [1.29, 1.82) is 0 Å². The van der Waals surface area contributed by atoms with Crippen LogP contribution in [0.3, 0.4) is 0 Å². The smallest absolute Gasteiger partial charge is 0.120 e. The van der Waals surface area contributed by atoms with Gasteiger partial charge in [-0.05, 0) is 12.8 Å². The Morgan fingerprint density at radius 2 is 2.20 bits per heavy atom. The number of methoxy groups -OCH3 is 1. The topological polar surface area (TPSA) is 26.3 Å². The summed E-state index contributed by atoms with van der Waals surface area (Å²) in [4.78, 5) is 9.97. The summed E-state index contributed by atoms with van der Waals surface area (Å²) in [6.07, 6.45) is 4.91.